The first kappa shape index (κ1) is 14.1. The second-order valence-corrected chi connectivity index (χ2v) is 5.14. The minimum atomic E-state index is 0.575. The summed E-state index contributed by atoms with van der Waals surface area (Å²) in [4.78, 5) is 8.89. The Morgan fingerprint density at radius 2 is 1.86 bits per heavy atom. The highest BCUT2D eigenvalue weighted by molar-refractivity contribution is 5.55. The smallest absolute Gasteiger partial charge is 0.229 e. The van der Waals surface area contributed by atoms with Gasteiger partial charge in [-0.05, 0) is 38.1 Å². The van der Waals surface area contributed by atoms with E-state index in [4.69, 9.17) is 4.42 Å². The zero-order valence-electron chi connectivity index (χ0n) is 12.6. The molecule has 2 N–H and O–H groups in total. The fraction of sp³-hybridized carbons (Fsp3) is 0.176. The lowest BCUT2D eigenvalue weighted by molar-refractivity contribution is 0.518. The first-order valence-electron chi connectivity index (χ1n) is 7.15. The van der Waals surface area contributed by atoms with Crippen LogP contribution in [-0.2, 0) is 6.54 Å². The van der Waals surface area contributed by atoms with Gasteiger partial charge in [-0.25, -0.2) is 4.98 Å². The molecule has 1 aromatic carbocycles. The predicted molar refractivity (Wildman–Crippen MR) is 87.3 cm³/mol. The fourth-order valence-electron chi connectivity index (χ4n) is 2.07. The second-order valence-electron chi connectivity index (χ2n) is 5.14. The van der Waals surface area contributed by atoms with Crippen LogP contribution >= 0.6 is 0 Å². The average molecular weight is 294 g/mol. The lowest BCUT2D eigenvalue weighted by Gasteiger charge is -2.09. The Morgan fingerprint density at radius 3 is 2.59 bits per heavy atom. The number of rotatable bonds is 5. The lowest BCUT2D eigenvalue weighted by atomic mass is 10.2. The summed E-state index contributed by atoms with van der Waals surface area (Å²) in [5.41, 5.74) is 3.08. The van der Waals surface area contributed by atoms with Crippen LogP contribution in [0.25, 0.3) is 0 Å². The van der Waals surface area contributed by atoms with Crippen molar-refractivity contribution >= 4 is 17.5 Å². The summed E-state index contributed by atoms with van der Waals surface area (Å²) >= 11 is 0. The molecule has 0 unspecified atom stereocenters. The van der Waals surface area contributed by atoms with Crippen molar-refractivity contribution in [3.05, 3.63) is 65.7 Å². The number of anilines is 3. The minimum absolute atomic E-state index is 0.575. The van der Waals surface area contributed by atoms with Crippen molar-refractivity contribution in [3.63, 3.8) is 0 Å². The van der Waals surface area contributed by atoms with Crippen LogP contribution in [-0.4, -0.2) is 9.97 Å². The molecule has 3 aromatic rings. The van der Waals surface area contributed by atoms with Crippen LogP contribution in [0.4, 0.5) is 17.5 Å². The van der Waals surface area contributed by atoms with Gasteiger partial charge in [0.15, 0.2) is 0 Å². The van der Waals surface area contributed by atoms with Crippen molar-refractivity contribution in [1.82, 2.24) is 9.97 Å². The Balaban J connectivity index is 1.73. The highest BCUT2D eigenvalue weighted by Gasteiger charge is 2.04. The molecule has 5 heteroatoms. The number of nitrogens with zero attached hydrogens (tertiary/aromatic N) is 2. The summed E-state index contributed by atoms with van der Waals surface area (Å²) in [7, 11) is 0. The van der Waals surface area contributed by atoms with Crippen molar-refractivity contribution in [3.8, 4) is 0 Å². The summed E-state index contributed by atoms with van der Waals surface area (Å²) in [5, 5.41) is 6.46. The molecule has 0 bridgehead atoms. The minimum Gasteiger partial charge on any atom is -0.467 e. The molecule has 2 heterocycles. The van der Waals surface area contributed by atoms with E-state index in [9.17, 15) is 0 Å². The van der Waals surface area contributed by atoms with Crippen LogP contribution in [0.15, 0.2) is 53.1 Å². The summed E-state index contributed by atoms with van der Waals surface area (Å²) in [6.07, 6.45) is 1.66. The van der Waals surface area contributed by atoms with Crippen LogP contribution in [0.3, 0.4) is 0 Å². The molecule has 0 amide bonds. The molecule has 0 aliphatic rings. The van der Waals surface area contributed by atoms with E-state index in [-0.39, 0.29) is 0 Å². The van der Waals surface area contributed by atoms with Crippen LogP contribution in [0.5, 0.6) is 0 Å². The molecular weight excluding hydrogens is 276 g/mol. The molecule has 0 radical (unpaired) electrons. The van der Waals surface area contributed by atoms with Crippen molar-refractivity contribution in [2.24, 2.45) is 0 Å². The molecule has 0 aliphatic heterocycles. The van der Waals surface area contributed by atoms with Gasteiger partial charge < -0.3 is 15.1 Å². The van der Waals surface area contributed by atoms with E-state index in [0.717, 1.165) is 23.0 Å². The van der Waals surface area contributed by atoms with Gasteiger partial charge in [0.2, 0.25) is 5.95 Å². The largest absolute Gasteiger partial charge is 0.467 e. The number of benzene rings is 1. The normalized spacial score (nSPS) is 10.5. The first-order valence-corrected chi connectivity index (χ1v) is 7.15. The maximum atomic E-state index is 5.30. The second kappa shape index (κ2) is 6.30. The molecule has 22 heavy (non-hydrogen) atoms. The summed E-state index contributed by atoms with van der Waals surface area (Å²) in [6.45, 7) is 4.59. The molecule has 0 atom stereocenters. The molecule has 112 valence electrons. The van der Waals surface area contributed by atoms with E-state index in [1.807, 2.05) is 49.4 Å². The zero-order valence-corrected chi connectivity index (χ0v) is 12.6. The molecule has 3 rings (SSSR count). The van der Waals surface area contributed by atoms with Crippen molar-refractivity contribution < 1.29 is 4.42 Å². The number of hydrogen-bond acceptors (Lipinski definition) is 5. The van der Waals surface area contributed by atoms with E-state index in [2.05, 4.69) is 27.5 Å². The van der Waals surface area contributed by atoms with Gasteiger partial charge >= 0.3 is 0 Å². The van der Waals surface area contributed by atoms with Gasteiger partial charge in [-0.2, -0.15) is 4.98 Å². The van der Waals surface area contributed by atoms with Crippen molar-refractivity contribution in [2.75, 3.05) is 10.6 Å². The molecule has 5 nitrogen and oxygen atoms in total. The van der Waals surface area contributed by atoms with Gasteiger partial charge in [0, 0.05) is 17.4 Å². The summed E-state index contributed by atoms with van der Waals surface area (Å²) in [6, 6.07) is 13.8. The standard InChI is InChI=1S/C17H18N4O/c1-12-5-7-14(8-6-12)20-17-19-13(2)10-16(21-17)18-11-15-4-3-9-22-15/h3-10H,11H2,1-2H3,(H2,18,19,20,21). The third-order valence-electron chi connectivity index (χ3n) is 3.19. The number of hydrogen-bond donors (Lipinski definition) is 2. The molecule has 0 saturated heterocycles. The quantitative estimate of drug-likeness (QED) is 0.743. The molecule has 2 aromatic heterocycles. The molecule has 0 saturated carbocycles. The topological polar surface area (TPSA) is 63.0 Å². The molecule has 0 spiro atoms. The first-order chi connectivity index (χ1) is 10.7. The Hall–Kier alpha value is -2.82. The highest BCUT2D eigenvalue weighted by Crippen LogP contribution is 2.17. The maximum Gasteiger partial charge on any atom is 0.229 e. The predicted octanol–water partition coefficient (Wildman–Crippen LogP) is 4.04. The van der Waals surface area contributed by atoms with E-state index in [1.54, 1.807) is 6.26 Å². The number of aryl methyl sites for hydroxylation is 2. The maximum absolute atomic E-state index is 5.30. The zero-order chi connectivity index (χ0) is 15.4. The van der Waals surface area contributed by atoms with Gasteiger partial charge in [-0.1, -0.05) is 17.7 Å². The molecular formula is C17H18N4O. The van der Waals surface area contributed by atoms with Crippen LogP contribution in [0, 0.1) is 13.8 Å². The van der Waals surface area contributed by atoms with Crippen molar-refractivity contribution in [2.45, 2.75) is 20.4 Å². The summed E-state index contributed by atoms with van der Waals surface area (Å²) in [5.74, 6) is 2.20. The molecule has 0 fully saturated rings. The highest BCUT2D eigenvalue weighted by atomic mass is 16.3. The third-order valence-corrected chi connectivity index (χ3v) is 3.19. The van der Waals surface area contributed by atoms with E-state index < -0.39 is 0 Å². The van der Waals surface area contributed by atoms with E-state index in [1.165, 1.54) is 5.56 Å². The van der Waals surface area contributed by atoms with Crippen LogP contribution in [0.1, 0.15) is 17.0 Å². The van der Waals surface area contributed by atoms with E-state index in [0.29, 0.717) is 12.5 Å². The monoisotopic (exact) mass is 294 g/mol. The van der Waals surface area contributed by atoms with Crippen molar-refractivity contribution in [1.29, 1.82) is 0 Å². The third kappa shape index (κ3) is 3.63. The molecule has 0 aliphatic carbocycles. The number of nitrogens with one attached hydrogen (secondary N) is 2. The van der Waals surface area contributed by atoms with Gasteiger partial charge in [-0.3, -0.25) is 0 Å². The van der Waals surface area contributed by atoms with Gasteiger partial charge in [0.05, 0.1) is 12.8 Å². The Bertz CT molecular complexity index is 736. The van der Waals surface area contributed by atoms with Gasteiger partial charge in [0.1, 0.15) is 11.6 Å². The van der Waals surface area contributed by atoms with Crippen LogP contribution in [0.2, 0.25) is 0 Å². The number of aromatic nitrogens is 2. The average Bonchev–Trinajstić information content (AvgIpc) is 3.00. The lowest BCUT2D eigenvalue weighted by Crippen LogP contribution is -2.05. The number of furan rings is 1. The van der Waals surface area contributed by atoms with Gasteiger partial charge in [0.25, 0.3) is 0 Å². The van der Waals surface area contributed by atoms with Gasteiger partial charge in [-0.15, -0.1) is 0 Å². The Labute approximate surface area is 129 Å². The van der Waals surface area contributed by atoms with Crippen LogP contribution < -0.4 is 10.6 Å². The SMILES string of the molecule is Cc1ccc(Nc2nc(C)cc(NCc3ccco3)n2)cc1. The Kier molecular flexibility index (Phi) is 4.05. The Morgan fingerprint density at radius 1 is 1.05 bits per heavy atom. The van der Waals surface area contributed by atoms with E-state index >= 15 is 0 Å². The summed E-state index contributed by atoms with van der Waals surface area (Å²) < 4.78 is 5.30. The fourth-order valence-corrected chi connectivity index (χ4v) is 2.07.